The molecule has 0 aliphatic carbocycles. The molecule has 2 heterocycles. The molecular weight excluding hydrogens is 202 g/mol. The second-order valence-corrected chi connectivity index (χ2v) is 3.07. The molecule has 0 atom stereocenters. The van der Waals surface area contributed by atoms with E-state index in [0.717, 1.165) is 11.4 Å². The van der Waals surface area contributed by atoms with Crippen LogP contribution in [0.4, 0.5) is 5.82 Å². The molecule has 1 aromatic rings. The smallest absolute Gasteiger partial charge is 0.136 e. The summed E-state index contributed by atoms with van der Waals surface area (Å²) in [5.74, 6) is 6.14. The van der Waals surface area contributed by atoms with Crippen molar-refractivity contribution in [2.45, 2.75) is 0 Å². The second kappa shape index (κ2) is 3.74. The van der Waals surface area contributed by atoms with Gasteiger partial charge in [0.1, 0.15) is 24.3 Å². The van der Waals surface area contributed by atoms with Crippen LogP contribution in [0.25, 0.3) is 0 Å². The van der Waals surface area contributed by atoms with Crippen LogP contribution in [0.15, 0.2) is 11.1 Å². The summed E-state index contributed by atoms with van der Waals surface area (Å²) in [5.41, 5.74) is 1.53. The molecule has 0 radical (unpaired) electrons. The molecule has 1 aliphatic rings. The molecule has 0 bridgehead atoms. The number of aliphatic hydroxyl groups is 1. The molecule has 4 nitrogen and oxygen atoms in total. The number of halogens is 1. The minimum atomic E-state index is -0.154. The normalized spacial score (nSPS) is 13.4. The van der Waals surface area contributed by atoms with Gasteiger partial charge in [-0.3, -0.25) is 4.99 Å². The molecule has 72 valence electrons. The minimum absolute atomic E-state index is 0.154. The van der Waals surface area contributed by atoms with E-state index in [2.05, 4.69) is 27.1 Å². The van der Waals surface area contributed by atoms with Gasteiger partial charge in [0, 0.05) is 0 Å². The maximum atomic E-state index is 8.53. The number of nitrogens with one attached hydrogen (secondary N) is 2. The summed E-state index contributed by atoms with van der Waals surface area (Å²) in [7, 11) is 0. The van der Waals surface area contributed by atoms with Gasteiger partial charge in [-0.1, -0.05) is 17.5 Å². The molecule has 5 heteroatoms. The SMILES string of the molecule is OCC#Cc1cc2c([nH]1)NCN=C2Cl. The predicted molar refractivity (Wildman–Crippen MR) is 55.6 cm³/mol. The summed E-state index contributed by atoms with van der Waals surface area (Å²) in [6.07, 6.45) is 0. The number of rotatable bonds is 0. The standard InChI is InChI=1S/C9H8ClN3O/c10-8-7-4-6(2-1-3-14)13-9(7)12-5-11-8/h4,12-14H,3,5H2. The third kappa shape index (κ3) is 1.60. The Bertz CT molecular complexity index is 439. The first-order valence-corrected chi connectivity index (χ1v) is 4.46. The Labute approximate surface area is 86.0 Å². The number of hydrogen-bond acceptors (Lipinski definition) is 3. The first-order chi connectivity index (χ1) is 6.81. The number of aromatic nitrogens is 1. The van der Waals surface area contributed by atoms with Crippen LogP contribution >= 0.6 is 11.6 Å². The number of aliphatic imine (C=N–C) groups is 1. The quantitative estimate of drug-likeness (QED) is 0.552. The summed E-state index contributed by atoms with van der Waals surface area (Å²) in [6.45, 7) is 0.318. The zero-order valence-corrected chi connectivity index (χ0v) is 8.02. The Morgan fingerprint density at radius 3 is 3.21 bits per heavy atom. The van der Waals surface area contributed by atoms with Crippen LogP contribution in [-0.4, -0.2) is 28.5 Å². The first kappa shape index (κ1) is 9.13. The average molecular weight is 210 g/mol. The number of aromatic amines is 1. The van der Waals surface area contributed by atoms with E-state index in [1.54, 1.807) is 6.07 Å². The zero-order chi connectivity index (χ0) is 9.97. The van der Waals surface area contributed by atoms with E-state index in [0.29, 0.717) is 17.5 Å². The highest BCUT2D eigenvalue weighted by molar-refractivity contribution is 6.70. The van der Waals surface area contributed by atoms with Gasteiger partial charge in [-0.15, -0.1) is 0 Å². The van der Waals surface area contributed by atoms with Gasteiger partial charge in [-0.25, -0.2) is 0 Å². The summed E-state index contributed by atoms with van der Waals surface area (Å²) < 4.78 is 0. The molecule has 0 spiro atoms. The van der Waals surface area contributed by atoms with Crippen LogP contribution < -0.4 is 5.32 Å². The summed E-state index contributed by atoms with van der Waals surface area (Å²) in [5, 5.41) is 12.0. The third-order valence-electron chi connectivity index (χ3n) is 1.82. The summed E-state index contributed by atoms with van der Waals surface area (Å²) in [6, 6.07) is 1.80. The van der Waals surface area contributed by atoms with Crippen LogP contribution in [0.1, 0.15) is 11.3 Å². The van der Waals surface area contributed by atoms with E-state index in [9.17, 15) is 0 Å². The first-order valence-electron chi connectivity index (χ1n) is 4.08. The monoisotopic (exact) mass is 209 g/mol. The molecular formula is C9H8ClN3O. The molecule has 0 aromatic carbocycles. The number of hydrogen-bond donors (Lipinski definition) is 3. The van der Waals surface area contributed by atoms with Crippen molar-refractivity contribution in [3.8, 4) is 11.8 Å². The van der Waals surface area contributed by atoms with Crippen molar-refractivity contribution in [1.82, 2.24) is 4.98 Å². The Morgan fingerprint density at radius 1 is 1.64 bits per heavy atom. The highest BCUT2D eigenvalue weighted by Crippen LogP contribution is 2.21. The number of anilines is 1. The van der Waals surface area contributed by atoms with Gasteiger partial charge in [-0.05, 0) is 12.0 Å². The molecule has 0 saturated carbocycles. The topological polar surface area (TPSA) is 60.4 Å². The fourth-order valence-corrected chi connectivity index (χ4v) is 1.44. The fraction of sp³-hybridized carbons (Fsp3) is 0.222. The number of aliphatic hydroxyl groups excluding tert-OH is 1. The lowest BCUT2D eigenvalue weighted by Gasteiger charge is -2.08. The van der Waals surface area contributed by atoms with Gasteiger partial charge in [0.2, 0.25) is 0 Å². The Kier molecular flexibility index (Phi) is 2.44. The van der Waals surface area contributed by atoms with E-state index < -0.39 is 0 Å². The fourth-order valence-electron chi connectivity index (χ4n) is 1.23. The lowest BCUT2D eigenvalue weighted by molar-refractivity contribution is 0.350. The van der Waals surface area contributed by atoms with Crippen molar-refractivity contribution in [1.29, 1.82) is 0 Å². The van der Waals surface area contributed by atoms with Gasteiger partial charge in [0.05, 0.1) is 11.3 Å². The maximum absolute atomic E-state index is 8.53. The predicted octanol–water partition coefficient (Wildman–Crippen LogP) is 0.727. The van der Waals surface area contributed by atoms with Gasteiger partial charge < -0.3 is 15.4 Å². The van der Waals surface area contributed by atoms with E-state index in [1.807, 2.05) is 0 Å². The largest absolute Gasteiger partial charge is 0.384 e. The van der Waals surface area contributed by atoms with E-state index in [4.69, 9.17) is 16.7 Å². The molecule has 0 unspecified atom stereocenters. The van der Waals surface area contributed by atoms with Gasteiger partial charge in [-0.2, -0.15) is 0 Å². The van der Waals surface area contributed by atoms with Crippen molar-refractivity contribution < 1.29 is 5.11 Å². The molecule has 14 heavy (non-hydrogen) atoms. The van der Waals surface area contributed by atoms with Gasteiger partial charge in [0.25, 0.3) is 0 Å². The van der Waals surface area contributed by atoms with E-state index in [1.165, 1.54) is 0 Å². The molecule has 1 aromatic heterocycles. The molecule has 3 N–H and O–H groups in total. The van der Waals surface area contributed by atoms with Crippen molar-refractivity contribution in [3.05, 3.63) is 17.3 Å². The molecule has 1 aliphatic heterocycles. The zero-order valence-electron chi connectivity index (χ0n) is 7.26. The summed E-state index contributed by atoms with van der Waals surface area (Å²) >= 11 is 5.89. The van der Waals surface area contributed by atoms with Crippen molar-refractivity contribution in [2.24, 2.45) is 4.99 Å². The van der Waals surface area contributed by atoms with Crippen LogP contribution in [0.3, 0.4) is 0 Å². The van der Waals surface area contributed by atoms with Crippen LogP contribution in [-0.2, 0) is 0 Å². The third-order valence-corrected chi connectivity index (χ3v) is 2.14. The van der Waals surface area contributed by atoms with Gasteiger partial charge in [0.15, 0.2) is 0 Å². The van der Waals surface area contributed by atoms with E-state index >= 15 is 0 Å². The maximum Gasteiger partial charge on any atom is 0.136 e. The lowest BCUT2D eigenvalue weighted by Crippen LogP contribution is -2.10. The lowest BCUT2D eigenvalue weighted by atomic mass is 10.3. The molecule has 0 amide bonds. The average Bonchev–Trinajstić information content (AvgIpc) is 2.59. The Balaban J connectivity index is 2.37. The molecule has 0 fully saturated rings. The Hall–Kier alpha value is -1.44. The highest BCUT2D eigenvalue weighted by Gasteiger charge is 2.14. The number of fused-ring (bicyclic) bond motifs is 1. The number of H-pyrrole nitrogens is 1. The van der Waals surface area contributed by atoms with Crippen LogP contribution in [0.2, 0.25) is 0 Å². The van der Waals surface area contributed by atoms with Crippen LogP contribution in [0, 0.1) is 11.8 Å². The molecule has 2 rings (SSSR count). The van der Waals surface area contributed by atoms with Crippen molar-refractivity contribution >= 4 is 22.6 Å². The summed E-state index contributed by atoms with van der Waals surface area (Å²) in [4.78, 5) is 7.06. The van der Waals surface area contributed by atoms with Gasteiger partial charge >= 0.3 is 0 Å². The van der Waals surface area contributed by atoms with Crippen molar-refractivity contribution in [3.63, 3.8) is 0 Å². The second-order valence-electron chi connectivity index (χ2n) is 2.72. The highest BCUT2D eigenvalue weighted by atomic mass is 35.5. The Morgan fingerprint density at radius 2 is 2.50 bits per heavy atom. The molecule has 0 saturated heterocycles. The minimum Gasteiger partial charge on any atom is -0.384 e. The van der Waals surface area contributed by atoms with Crippen LogP contribution in [0.5, 0.6) is 0 Å². The van der Waals surface area contributed by atoms with E-state index in [-0.39, 0.29) is 6.61 Å². The van der Waals surface area contributed by atoms with Crippen molar-refractivity contribution in [2.75, 3.05) is 18.6 Å². The number of nitrogens with zero attached hydrogens (tertiary/aromatic N) is 1.